The monoisotopic (exact) mass is 350 g/mol. The molecule has 0 aliphatic heterocycles. The molecule has 0 aromatic carbocycles. The first-order valence-electron chi connectivity index (χ1n) is 3.66. The van der Waals surface area contributed by atoms with E-state index >= 15 is 0 Å². The van der Waals surface area contributed by atoms with Crippen LogP contribution in [0.25, 0.3) is 0 Å². The summed E-state index contributed by atoms with van der Waals surface area (Å²) in [6, 6.07) is 0. The van der Waals surface area contributed by atoms with Crippen LogP contribution in [0.3, 0.4) is 0 Å². The maximum Gasteiger partial charge on any atom is 0.399 e. The second-order valence-electron chi connectivity index (χ2n) is 1.93. The molecule has 0 rings (SSSR count). The van der Waals surface area contributed by atoms with Crippen LogP contribution in [0, 0.1) is 0 Å². The Labute approximate surface area is 111 Å². The molecule has 15 heteroatoms. The van der Waals surface area contributed by atoms with Crippen molar-refractivity contribution in [1.82, 2.24) is 0 Å². The van der Waals surface area contributed by atoms with E-state index in [1.807, 2.05) is 0 Å². The summed E-state index contributed by atoms with van der Waals surface area (Å²) >= 11 is 0. The SMILES string of the molecule is COS(=O)(=O)OC.COS(=O)(=O)OC.O=S(=O)(O)O. The third-order valence-corrected chi connectivity index (χ3v) is 2.45. The van der Waals surface area contributed by atoms with E-state index in [0.717, 1.165) is 28.4 Å². The summed E-state index contributed by atoms with van der Waals surface area (Å²) in [5.41, 5.74) is 0. The zero-order valence-corrected chi connectivity index (χ0v) is 12.7. The van der Waals surface area contributed by atoms with E-state index in [4.69, 9.17) is 17.5 Å². The molecule has 12 nitrogen and oxygen atoms in total. The third-order valence-electron chi connectivity index (χ3n) is 0.816. The smallest absolute Gasteiger partial charge is 0.264 e. The van der Waals surface area contributed by atoms with Gasteiger partial charge in [0.25, 0.3) is 0 Å². The molecule has 19 heavy (non-hydrogen) atoms. The molecular formula is C4H14O12S3. The summed E-state index contributed by atoms with van der Waals surface area (Å²) in [4.78, 5) is 0. The molecule has 0 saturated heterocycles. The molecule has 0 unspecified atom stereocenters. The fourth-order valence-corrected chi connectivity index (χ4v) is 0.408. The molecule has 0 amide bonds. The van der Waals surface area contributed by atoms with Gasteiger partial charge in [-0.25, -0.2) is 0 Å². The molecule has 2 N–H and O–H groups in total. The molecule has 120 valence electrons. The normalized spacial score (nSPS) is 11.7. The van der Waals surface area contributed by atoms with Gasteiger partial charge in [0.2, 0.25) is 0 Å². The predicted molar refractivity (Wildman–Crippen MR) is 60.1 cm³/mol. The van der Waals surface area contributed by atoms with Gasteiger partial charge in [0, 0.05) is 0 Å². The fraction of sp³-hybridized carbons (Fsp3) is 1.00. The maximum absolute atomic E-state index is 9.92. The van der Waals surface area contributed by atoms with E-state index in [1.165, 1.54) is 0 Å². The van der Waals surface area contributed by atoms with Gasteiger partial charge < -0.3 is 0 Å². The Morgan fingerprint density at radius 1 is 0.579 bits per heavy atom. The summed E-state index contributed by atoms with van der Waals surface area (Å²) in [5.74, 6) is 0. The minimum absolute atomic E-state index is 1.03. The first-order chi connectivity index (χ1) is 8.24. The van der Waals surface area contributed by atoms with Crippen molar-refractivity contribution in [3.8, 4) is 0 Å². The Hall–Kier alpha value is -0.390. The number of hydrogen-bond acceptors (Lipinski definition) is 10. The zero-order chi connectivity index (χ0) is 16.3. The molecule has 0 aliphatic carbocycles. The highest BCUT2D eigenvalue weighted by Crippen LogP contribution is 1.86. The van der Waals surface area contributed by atoms with Gasteiger partial charge >= 0.3 is 31.2 Å². The van der Waals surface area contributed by atoms with Gasteiger partial charge in [-0.05, 0) is 0 Å². The summed E-state index contributed by atoms with van der Waals surface area (Å²) in [6.45, 7) is 0. The van der Waals surface area contributed by atoms with Crippen molar-refractivity contribution in [3.63, 3.8) is 0 Å². The molecule has 0 heterocycles. The van der Waals surface area contributed by atoms with Gasteiger partial charge in [0.05, 0.1) is 28.4 Å². The maximum atomic E-state index is 9.92. The summed E-state index contributed by atoms with van der Waals surface area (Å²) < 4.78 is 86.6. The topological polar surface area (TPSA) is 180 Å². The average molecular weight is 350 g/mol. The number of rotatable bonds is 4. The molecule has 0 bridgehead atoms. The molecule has 0 aromatic heterocycles. The van der Waals surface area contributed by atoms with Crippen LogP contribution in [-0.4, -0.2) is 62.8 Å². The molecule has 0 aromatic rings. The standard InChI is InChI=1S/2C2H6O4S.H2O4S/c2*1-5-7(3,4)6-2;1-5(2,3)4/h2*1-2H3;(H2,1,2,3,4). The van der Waals surface area contributed by atoms with Crippen LogP contribution in [0.2, 0.25) is 0 Å². The van der Waals surface area contributed by atoms with Crippen molar-refractivity contribution in [1.29, 1.82) is 0 Å². The van der Waals surface area contributed by atoms with Crippen molar-refractivity contribution in [2.75, 3.05) is 28.4 Å². The van der Waals surface area contributed by atoms with E-state index in [1.54, 1.807) is 0 Å². The van der Waals surface area contributed by atoms with E-state index in [2.05, 4.69) is 16.7 Å². The van der Waals surface area contributed by atoms with Crippen LogP contribution in [-0.2, 0) is 47.9 Å². The van der Waals surface area contributed by atoms with Gasteiger partial charge in [-0.1, -0.05) is 0 Å². The van der Waals surface area contributed by atoms with E-state index < -0.39 is 31.2 Å². The molecule has 0 spiro atoms. The lowest BCUT2D eigenvalue weighted by Crippen LogP contribution is -2.02. The number of hydrogen-bond donors (Lipinski definition) is 2. The lowest BCUT2D eigenvalue weighted by atomic mass is 11.8. The lowest BCUT2D eigenvalue weighted by molar-refractivity contribution is 0.284. The van der Waals surface area contributed by atoms with E-state index in [0.29, 0.717) is 0 Å². The van der Waals surface area contributed by atoms with Crippen LogP contribution in [0.4, 0.5) is 0 Å². The molecular weight excluding hydrogens is 336 g/mol. The Balaban J connectivity index is -0.000000206. The predicted octanol–water partition coefficient (Wildman–Crippen LogP) is -1.60. The van der Waals surface area contributed by atoms with Crippen molar-refractivity contribution < 1.29 is 51.1 Å². The molecule has 0 aliphatic rings. The van der Waals surface area contributed by atoms with Gasteiger partial charge in [0.15, 0.2) is 0 Å². The van der Waals surface area contributed by atoms with Gasteiger partial charge in [-0.2, -0.15) is 25.3 Å². The van der Waals surface area contributed by atoms with Crippen LogP contribution in [0.15, 0.2) is 0 Å². The summed E-state index contributed by atoms with van der Waals surface area (Å²) in [7, 11) is -7.87. The largest absolute Gasteiger partial charge is 0.399 e. The van der Waals surface area contributed by atoms with Crippen molar-refractivity contribution in [2.24, 2.45) is 0 Å². The Bertz CT molecular complexity index is 435. The second-order valence-corrected chi connectivity index (χ2v) is 5.79. The van der Waals surface area contributed by atoms with Crippen molar-refractivity contribution in [2.45, 2.75) is 0 Å². The van der Waals surface area contributed by atoms with E-state index in [9.17, 15) is 16.8 Å². The Morgan fingerprint density at radius 2 is 0.684 bits per heavy atom. The highest BCUT2D eigenvalue weighted by atomic mass is 32.3. The van der Waals surface area contributed by atoms with E-state index in [-0.39, 0.29) is 0 Å². The average Bonchev–Trinajstić information content (AvgIpc) is 2.28. The minimum atomic E-state index is -4.67. The van der Waals surface area contributed by atoms with Crippen LogP contribution < -0.4 is 0 Å². The zero-order valence-electron chi connectivity index (χ0n) is 10.2. The van der Waals surface area contributed by atoms with Gasteiger partial charge in [0.1, 0.15) is 0 Å². The van der Waals surface area contributed by atoms with Gasteiger partial charge in [-0.3, -0.25) is 25.8 Å². The second kappa shape index (κ2) is 10.4. The Morgan fingerprint density at radius 3 is 0.684 bits per heavy atom. The highest BCUT2D eigenvalue weighted by molar-refractivity contribution is 7.82. The summed E-state index contributed by atoms with van der Waals surface area (Å²) in [6.07, 6.45) is 0. The molecule has 0 fully saturated rings. The minimum Gasteiger partial charge on any atom is -0.264 e. The fourth-order valence-electron chi connectivity index (χ4n) is 0.136. The molecule has 0 radical (unpaired) electrons. The van der Waals surface area contributed by atoms with Crippen molar-refractivity contribution in [3.05, 3.63) is 0 Å². The van der Waals surface area contributed by atoms with Crippen LogP contribution in [0.5, 0.6) is 0 Å². The van der Waals surface area contributed by atoms with Crippen molar-refractivity contribution >= 4 is 31.2 Å². The third kappa shape index (κ3) is 31.8. The lowest BCUT2D eigenvalue weighted by Gasteiger charge is -1.91. The van der Waals surface area contributed by atoms with Crippen LogP contribution >= 0.6 is 0 Å². The quantitative estimate of drug-likeness (QED) is 0.555. The molecule has 0 atom stereocenters. The first-order valence-corrected chi connectivity index (χ1v) is 7.73. The van der Waals surface area contributed by atoms with Crippen LogP contribution in [0.1, 0.15) is 0 Å². The summed E-state index contributed by atoms with van der Waals surface area (Å²) in [5, 5.41) is 0. The highest BCUT2D eigenvalue weighted by Gasteiger charge is 2.01. The van der Waals surface area contributed by atoms with Gasteiger partial charge in [-0.15, -0.1) is 0 Å². The Kier molecular flexibility index (Phi) is 13.0. The first kappa shape index (κ1) is 23.7. The molecule has 0 saturated carbocycles.